The lowest BCUT2D eigenvalue weighted by atomic mass is 9.74. The van der Waals surface area contributed by atoms with Crippen molar-refractivity contribution in [2.45, 2.75) is 18.3 Å². The van der Waals surface area contributed by atoms with Crippen molar-refractivity contribution in [3.05, 3.63) is 59.7 Å². The van der Waals surface area contributed by atoms with Gasteiger partial charge in [-0.1, -0.05) is 64.5 Å². The van der Waals surface area contributed by atoms with Gasteiger partial charge in [-0.15, -0.1) is 0 Å². The van der Waals surface area contributed by atoms with Crippen LogP contribution in [0.25, 0.3) is 11.1 Å². The SMILES string of the molecule is COC(=O)C1(CCCBr)c2ccccc2-c2ccccc21. The molecule has 0 atom stereocenters. The number of carbonyl (C=O) groups excluding carboxylic acids is 1. The molecule has 0 saturated heterocycles. The first-order valence-electron chi connectivity index (χ1n) is 7.09. The maximum atomic E-state index is 12.7. The minimum absolute atomic E-state index is 0.166. The Kier molecular flexibility index (Phi) is 3.85. The molecular weight excluding hydrogens is 328 g/mol. The van der Waals surface area contributed by atoms with Crippen molar-refractivity contribution in [1.29, 1.82) is 0 Å². The van der Waals surface area contributed by atoms with E-state index in [1.54, 1.807) is 0 Å². The fraction of sp³-hybridized carbons (Fsp3) is 0.278. The van der Waals surface area contributed by atoms with Crippen LogP contribution in [0.2, 0.25) is 0 Å². The van der Waals surface area contributed by atoms with E-state index in [1.165, 1.54) is 7.11 Å². The summed E-state index contributed by atoms with van der Waals surface area (Å²) in [5.41, 5.74) is 3.76. The summed E-state index contributed by atoms with van der Waals surface area (Å²) in [6.45, 7) is 0. The van der Waals surface area contributed by atoms with Crippen LogP contribution in [0.15, 0.2) is 48.5 Å². The number of benzene rings is 2. The Morgan fingerprint density at radius 3 is 2.05 bits per heavy atom. The minimum Gasteiger partial charge on any atom is -0.468 e. The van der Waals surface area contributed by atoms with Crippen molar-refractivity contribution in [3.63, 3.8) is 0 Å². The molecule has 108 valence electrons. The molecule has 0 fully saturated rings. The molecular formula is C18H17BrO2. The van der Waals surface area contributed by atoms with Gasteiger partial charge in [-0.3, -0.25) is 4.79 Å². The zero-order chi connectivity index (χ0) is 14.9. The number of esters is 1. The number of halogens is 1. The number of ether oxygens (including phenoxy) is 1. The third-order valence-electron chi connectivity index (χ3n) is 4.28. The van der Waals surface area contributed by atoms with Gasteiger partial charge in [-0.2, -0.15) is 0 Å². The summed E-state index contributed by atoms with van der Waals surface area (Å²) in [6, 6.07) is 16.3. The standard InChI is InChI=1S/C18H17BrO2/c1-21-17(20)18(11-6-12-19)15-9-4-2-7-13(15)14-8-3-5-10-16(14)18/h2-5,7-10H,6,11-12H2,1H3. The zero-order valence-corrected chi connectivity index (χ0v) is 13.5. The Hall–Kier alpha value is -1.61. The van der Waals surface area contributed by atoms with Gasteiger partial charge in [0.15, 0.2) is 0 Å². The Balaban J connectivity index is 2.29. The van der Waals surface area contributed by atoms with Gasteiger partial charge in [0.05, 0.1) is 7.11 Å². The summed E-state index contributed by atoms with van der Waals surface area (Å²) >= 11 is 3.48. The predicted octanol–water partition coefficient (Wildman–Crippen LogP) is 4.30. The van der Waals surface area contributed by atoms with Crippen molar-refractivity contribution in [3.8, 4) is 11.1 Å². The molecule has 0 heterocycles. The highest BCUT2D eigenvalue weighted by Crippen LogP contribution is 2.51. The van der Waals surface area contributed by atoms with Gasteiger partial charge in [0, 0.05) is 5.33 Å². The molecule has 0 radical (unpaired) electrons. The molecule has 3 heteroatoms. The monoisotopic (exact) mass is 344 g/mol. The van der Waals surface area contributed by atoms with Gasteiger partial charge in [-0.05, 0) is 35.1 Å². The first kappa shape index (κ1) is 14.3. The van der Waals surface area contributed by atoms with Crippen molar-refractivity contribution in [2.75, 3.05) is 12.4 Å². The lowest BCUT2D eigenvalue weighted by Crippen LogP contribution is -2.36. The summed E-state index contributed by atoms with van der Waals surface area (Å²) in [5, 5.41) is 0.871. The molecule has 2 aromatic carbocycles. The van der Waals surface area contributed by atoms with Gasteiger partial charge >= 0.3 is 5.97 Å². The smallest absolute Gasteiger partial charge is 0.320 e. The van der Waals surface area contributed by atoms with E-state index >= 15 is 0 Å². The topological polar surface area (TPSA) is 26.3 Å². The molecule has 2 nitrogen and oxygen atoms in total. The second kappa shape index (κ2) is 5.64. The first-order valence-corrected chi connectivity index (χ1v) is 8.21. The van der Waals surface area contributed by atoms with Crippen molar-refractivity contribution >= 4 is 21.9 Å². The molecule has 0 aromatic heterocycles. The van der Waals surface area contributed by atoms with Crippen molar-refractivity contribution in [2.24, 2.45) is 0 Å². The van der Waals surface area contributed by atoms with Crippen LogP contribution in [0.4, 0.5) is 0 Å². The van der Waals surface area contributed by atoms with Crippen LogP contribution in [0, 0.1) is 0 Å². The van der Waals surface area contributed by atoms with Gasteiger partial charge in [0.1, 0.15) is 5.41 Å². The average Bonchev–Trinajstić information content (AvgIpc) is 2.84. The van der Waals surface area contributed by atoms with E-state index in [4.69, 9.17) is 4.74 Å². The zero-order valence-electron chi connectivity index (χ0n) is 11.9. The van der Waals surface area contributed by atoms with Crippen LogP contribution in [-0.4, -0.2) is 18.4 Å². The Morgan fingerprint density at radius 2 is 1.57 bits per heavy atom. The number of hydrogen-bond acceptors (Lipinski definition) is 2. The summed E-state index contributed by atoms with van der Waals surface area (Å²) in [5.74, 6) is -0.166. The lowest BCUT2D eigenvalue weighted by Gasteiger charge is -2.28. The summed E-state index contributed by atoms with van der Waals surface area (Å²) in [6.07, 6.45) is 1.66. The van der Waals surface area contributed by atoms with Gasteiger partial charge in [0.25, 0.3) is 0 Å². The number of rotatable bonds is 4. The van der Waals surface area contributed by atoms with Crippen LogP contribution in [0.1, 0.15) is 24.0 Å². The van der Waals surface area contributed by atoms with E-state index < -0.39 is 5.41 Å². The predicted molar refractivity (Wildman–Crippen MR) is 87.7 cm³/mol. The highest BCUT2D eigenvalue weighted by molar-refractivity contribution is 9.09. The third kappa shape index (κ3) is 2.03. The number of methoxy groups -OCH3 is 1. The van der Waals surface area contributed by atoms with Crippen LogP contribution in [-0.2, 0) is 14.9 Å². The number of carbonyl (C=O) groups is 1. The molecule has 0 amide bonds. The maximum Gasteiger partial charge on any atom is 0.320 e. The molecule has 0 spiro atoms. The lowest BCUT2D eigenvalue weighted by molar-refractivity contribution is -0.146. The quantitative estimate of drug-likeness (QED) is 0.610. The summed E-state index contributed by atoms with van der Waals surface area (Å²) in [4.78, 5) is 12.7. The number of hydrogen-bond donors (Lipinski definition) is 0. The molecule has 0 saturated carbocycles. The molecule has 0 bridgehead atoms. The van der Waals surface area contributed by atoms with Gasteiger partial charge in [-0.25, -0.2) is 0 Å². The molecule has 0 N–H and O–H groups in total. The van der Waals surface area contributed by atoms with E-state index in [9.17, 15) is 4.79 Å². The van der Waals surface area contributed by atoms with E-state index in [1.807, 2.05) is 24.3 Å². The molecule has 2 aromatic rings. The summed E-state index contributed by atoms with van der Waals surface area (Å²) < 4.78 is 5.19. The van der Waals surface area contributed by atoms with Crippen LogP contribution >= 0.6 is 15.9 Å². The van der Waals surface area contributed by atoms with E-state index in [0.717, 1.165) is 40.4 Å². The largest absolute Gasteiger partial charge is 0.468 e. The second-order valence-corrected chi connectivity index (χ2v) is 6.07. The maximum absolute atomic E-state index is 12.7. The van der Waals surface area contributed by atoms with Crippen molar-refractivity contribution in [1.82, 2.24) is 0 Å². The second-order valence-electron chi connectivity index (χ2n) is 5.28. The highest BCUT2D eigenvalue weighted by Gasteiger charge is 2.49. The molecule has 0 aliphatic heterocycles. The van der Waals surface area contributed by atoms with E-state index in [-0.39, 0.29) is 5.97 Å². The molecule has 21 heavy (non-hydrogen) atoms. The van der Waals surface area contributed by atoms with E-state index in [2.05, 4.69) is 40.2 Å². The summed E-state index contributed by atoms with van der Waals surface area (Å²) in [7, 11) is 1.47. The molecule has 3 rings (SSSR count). The first-order chi connectivity index (χ1) is 10.3. The van der Waals surface area contributed by atoms with Gasteiger partial charge in [0.2, 0.25) is 0 Å². The minimum atomic E-state index is -0.671. The average molecular weight is 345 g/mol. The third-order valence-corrected chi connectivity index (χ3v) is 4.84. The normalized spacial score (nSPS) is 14.4. The van der Waals surface area contributed by atoms with Crippen LogP contribution in [0.3, 0.4) is 0 Å². The van der Waals surface area contributed by atoms with Crippen molar-refractivity contribution < 1.29 is 9.53 Å². The molecule has 1 aliphatic carbocycles. The number of fused-ring (bicyclic) bond motifs is 3. The molecule has 0 unspecified atom stereocenters. The fourth-order valence-electron chi connectivity index (χ4n) is 3.42. The molecule has 1 aliphatic rings. The highest BCUT2D eigenvalue weighted by atomic mass is 79.9. The number of alkyl halides is 1. The Labute approximate surface area is 133 Å². The van der Waals surface area contributed by atoms with Gasteiger partial charge < -0.3 is 4.74 Å². The Bertz CT molecular complexity index is 633. The van der Waals surface area contributed by atoms with E-state index in [0.29, 0.717) is 0 Å². The van der Waals surface area contributed by atoms with Crippen LogP contribution in [0.5, 0.6) is 0 Å². The fourth-order valence-corrected chi connectivity index (χ4v) is 3.70. The van der Waals surface area contributed by atoms with Crippen LogP contribution < -0.4 is 0 Å². The Morgan fingerprint density at radius 1 is 1.05 bits per heavy atom.